The molecule has 0 bridgehead atoms. The summed E-state index contributed by atoms with van der Waals surface area (Å²) in [4.78, 5) is 27.1. The van der Waals surface area contributed by atoms with E-state index in [1.54, 1.807) is 0 Å². The number of aromatic nitrogens is 3. The van der Waals surface area contributed by atoms with Crippen molar-refractivity contribution < 1.29 is 4.42 Å². The molecule has 2 aromatic heterocycles. The Kier molecular flexibility index (Phi) is 5.81. The Labute approximate surface area is 178 Å². The molecule has 152 valence electrons. The summed E-state index contributed by atoms with van der Waals surface area (Å²) in [5, 5.41) is 1.26. The van der Waals surface area contributed by atoms with E-state index in [0.29, 0.717) is 34.4 Å². The summed E-state index contributed by atoms with van der Waals surface area (Å²) >= 11 is 7.53. The van der Waals surface area contributed by atoms with Crippen molar-refractivity contribution in [2.24, 2.45) is 0 Å². The number of nitrogens with zero attached hydrogens (tertiary/aromatic N) is 3. The van der Waals surface area contributed by atoms with Crippen LogP contribution in [0.5, 0.6) is 0 Å². The minimum Gasteiger partial charge on any atom is -0.441 e. The minimum atomic E-state index is -0.0423. The lowest BCUT2D eigenvalue weighted by Gasteiger charge is -2.30. The third-order valence-electron chi connectivity index (χ3n) is 5.12. The van der Waals surface area contributed by atoms with Crippen LogP contribution in [0.3, 0.4) is 0 Å². The zero-order chi connectivity index (χ0) is 20.5. The Morgan fingerprint density at radius 3 is 2.93 bits per heavy atom. The van der Waals surface area contributed by atoms with Crippen LogP contribution in [0.1, 0.15) is 36.6 Å². The van der Waals surface area contributed by atoms with Crippen molar-refractivity contribution >= 4 is 23.4 Å². The summed E-state index contributed by atoms with van der Waals surface area (Å²) < 4.78 is 5.81. The second kappa shape index (κ2) is 8.34. The number of rotatable bonds is 5. The van der Waals surface area contributed by atoms with Gasteiger partial charge >= 0.3 is 0 Å². The number of nitrogens with one attached hydrogen (secondary N) is 1. The first-order valence-electron chi connectivity index (χ1n) is 9.62. The molecule has 1 aromatic carbocycles. The van der Waals surface area contributed by atoms with Crippen LogP contribution in [0.25, 0.3) is 11.5 Å². The average molecular weight is 431 g/mol. The molecule has 0 saturated heterocycles. The monoisotopic (exact) mass is 430 g/mol. The maximum absolute atomic E-state index is 12.6. The van der Waals surface area contributed by atoms with Gasteiger partial charge in [0.1, 0.15) is 5.76 Å². The van der Waals surface area contributed by atoms with E-state index in [0.717, 1.165) is 41.2 Å². The molecule has 4 rings (SSSR count). The van der Waals surface area contributed by atoms with Crippen molar-refractivity contribution in [3.8, 4) is 11.5 Å². The molecule has 1 aliphatic rings. The largest absolute Gasteiger partial charge is 0.441 e. The van der Waals surface area contributed by atoms with Gasteiger partial charge in [0, 0.05) is 41.9 Å². The normalized spacial score (nSPS) is 14.4. The van der Waals surface area contributed by atoms with Gasteiger partial charge in [-0.3, -0.25) is 9.69 Å². The summed E-state index contributed by atoms with van der Waals surface area (Å²) in [6.07, 6.45) is 0.799. The number of benzene rings is 1. The predicted molar refractivity (Wildman–Crippen MR) is 115 cm³/mol. The van der Waals surface area contributed by atoms with Crippen LogP contribution in [-0.4, -0.2) is 32.4 Å². The van der Waals surface area contributed by atoms with E-state index in [1.807, 2.05) is 31.2 Å². The smallest absolute Gasteiger partial charge is 0.256 e. The fraction of sp³-hybridized carbons (Fsp3) is 0.381. The molecule has 0 unspecified atom stereocenters. The zero-order valence-corrected chi connectivity index (χ0v) is 18.2. The number of H-pyrrole nitrogens is 1. The molecule has 0 spiro atoms. The number of aryl methyl sites for hydroxylation is 1. The molecule has 3 heterocycles. The maximum atomic E-state index is 12.6. The molecule has 0 aliphatic carbocycles. The molecule has 0 saturated carbocycles. The van der Waals surface area contributed by atoms with Crippen LogP contribution in [0, 0.1) is 6.92 Å². The van der Waals surface area contributed by atoms with Crippen LogP contribution in [-0.2, 0) is 18.7 Å². The van der Waals surface area contributed by atoms with E-state index in [2.05, 4.69) is 28.7 Å². The van der Waals surface area contributed by atoms with Crippen molar-refractivity contribution in [3.05, 3.63) is 62.4 Å². The van der Waals surface area contributed by atoms with Crippen molar-refractivity contribution in [2.45, 2.75) is 50.7 Å². The number of hydrogen-bond acceptors (Lipinski definition) is 6. The van der Waals surface area contributed by atoms with Crippen molar-refractivity contribution in [2.75, 3.05) is 6.54 Å². The van der Waals surface area contributed by atoms with Gasteiger partial charge in [-0.05, 0) is 39.0 Å². The van der Waals surface area contributed by atoms with Crippen molar-refractivity contribution in [1.82, 2.24) is 19.9 Å². The van der Waals surface area contributed by atoms with Gasteiger partial charge in [0.05, 0.1) is 17.0 Å². The number of oxazole rings is 1. The van der Waals surface area contributed by atoms with Gasteiger partial charge in [0.25, 0.3) is 5.56 Å². The lowest BCUT2D eigenvalue weighted by atomic mass is 10.1. The third kappa shape index (κ3) is 4.42. The Morgan fingerprint density at radius 2 is 2.17 bits per heavy atom. The highest BCUT2D eigenvalue weighted by Gasteiger charge is 2.23. The molecule has 1 N–H and O–H groups in total. The molecule has 0 amide bonds. The third-order valence-corrected chi connectivity index (χ3v) is 6.24. The summed E-state index contributed by atoms with van der Waals surface area (Å²) in [6, 6.07) is 7.84. The molecule has 8 heteroatoms. The lowest BCUT2D eigenvalue weighted by molar-refractivity contribution is 0.200. The summed E-state index contributed by atoms with van der Waals surface area (Å²) in [6.45, 7) is 7.77. The average Bonchev–Trinajstić information content (AvgIpc) is 3.07. The van der Waals surface area contributed by atoms with E-state index >= 15 is 0 Å². The fourth-order valence-corrected chi connectivity index (χ4v) is 4.45. The van der Waals surface area contributed by atoms with Gasteiger partial charge in [-0.25, -0.2) is 9.97 Å². The first-order valence-corrected chi connectivity index (χ1v) is 11.0. The van der Waals surface area contributed by atoms with Crippen LogP contribution < -0.4 is 5.56 Å². The molecule has 3 aromatic rings. The zero-order valence-electron chi connectivity index (χ0n) is 16.7. The molecule has 29 heavy (non-hydrogen) atoms. The Balaban J connectivity index is 1.50. The van der Waals surface area contributed by atoms with E-state index in [-0.39, 0.29) is 5.56 Å². The Morgan fingerprint density at radius 1 is 1.34 bits per heavy atom. The van der Waals surface area contributed by atoms with Crippen LogP contribution in [0.4, 0.5) is 0 Å². The highest BCUT2D eigenvalue weighted by atomic mass is 35.5. The molecular weight excluding hydrogens is 408 g/mol. The maximum Gasteiger partial charge on any atom is 0.256 e. The topological polar surface area (TPSA) is 75.0 Å². The van der Waals surface area contributed by atoms with E-state index < -0.39 is 0 Å². The van der Waals surface area contributed by atoms with E-state index in [9.17, 15) is 4.79 Å². The van der Waals surface area contributed by atoms with E-state index in [4.69, 9.17) is 21.0 Å². The molecule has 1 aliphatic heterocycles. The van der Waals surface area contributed by atoms with Crippen LogP contribution in [0.2, 0.25) is 5.02 Å². The Hall–Kier alpha value is -2.09. The number of hydrogen-bond donors (Lipinski definition) is 1. The second-order valence-corrected chi connectivity index (χ2v) is 8.83. The van der Waals surface area contributed by atoms with E-state index in [1.165, 1.54) is 11.8 Å². The number of fused-ring (bicyclic) bond motifs is 1. The summed E-state index contributed by atoms with van der Waals surface area (Å²) in [5.74, 6) is 1.86. The summed E-state index contributed by atoms with van der Waals surface area (Å²) in [5.41, 5.74) is 3.32. The van der Waals surface area contributed by atoms with Crippen LogP contribution in [0.15, 0.2) is 38.6 Å². The van der Waals surface area contributed by atoms with Crippen molar-refractivity contribution in [1.29, 1.82) is 0 Å². The number of thioether (sulfide) groups is 1. The summed E-state index contributed by atoms with van der Waals surface area (Å²) in [7, 11) is 0. The van der Waals surface area contributed by atoms with Gasteiger partial charge in [0.15, 0.2) is 5.16 Å². The highest BCUT2D eigenvalue weighted by Crippen LogP contribution is 2.28. The van der Waals surface area contributed by atoms with Gasteiger partial charge in [-0.1, -0.05) is 29.4 Å². The first kappa shape index (κ1) is 20.2. The predicted octanol–water partition coefficient (Wildman–Crippen LogP) is 4.45. The fourth-order valence-electron chi connectivity index (χ4n) is 3.38. The lowest BCUT2D eigenvalue weighted by Crippen LogP contribution is -2.39. The molecule has 0 fully saturated rings. The van der Waals surface area contributed by atoms with Gasteiger partial charge in [-0.2, -0.15) is 0 Å². The second-order valence-electron chi connectivity index (χ2n) is 7.43. The first-order chi connectivity index (χ1) is 13.9. The van der Waals surface area contributed by atoms with Gasteiger partial charge < -0.3 is 9.40 Å². The minimum absolute atomic E-state index is 0.0423. The standard InChI is InChI=1S/C21H23ClN4O2S/c1-12(2)26-8-7-17-16(10-26)19(27)25-21(24-17)29-11-18-13(3)28-20(23-18)14-5-4-6-15(22)9-14/h4-6,9,12H,7-8,10-11H2,1-3H3,(H,24,25,27). The molecule has 0 atom stereocenters. The molecule has 0 radical (unpaired) electrons. The van der Waals surface area contributed by atoms with Crippen LogP contribution >= 0.6 is 23.4 Å². The quantitative estimate of drug-likeness (QED) is 0.476. The molecular formula is C21H23ClN4O2S. The van der Waals surface area contributed by atoms with Gasteiger partial charge in [-0.15, -0.1) is 0 Å². The van der Waals surface area contributed by atoms with Gasteiger partial charge in [0.2, 0.25) is 5.89 Å². The Bertz CT molecular complexity index is 1090. The van der Waals surface area contributed by atoms with Crippen molar-refractivity contribution in [3.63, 3.8) is 0 Å². The highest BCUT2D eigenvalue weighted by molar-refractivity contribution is 7.98. The number of aromatic amines is 1. The number of halogens is 1. The SMILES string of the molecule is Cc1oc(-c2cccc(Cl)c2)nc1CSc1nc2c(c(=O)[nH]1)CN(C(C)C)CC2. The molecule has 6 nitrogen and oxygen atoms in total.